The summed E-state index contributed by atoms with van der Waals surface area (Å²) in [5, 5.41) is 4.58. The van der Waals surface area contributed by atoms with Crippen molar-refractivity contribution in [3.05, 3.63) is 70.4 Å². The molecule has 0 spiro atoms. The number of alkyl halides is 3. The second-order valence-electron chi connectivity index (χ2n) is 6.52. The van der Waals surface area contributed by atoms with E-state index in [2.05, 4.69) is 42.4 Å². The lowest BCUT2D eigenvalue weighted by Gasteiger charge is -2.14. The topological polar surface area (TPSA) is 17.0 Å². The van der Waals surface area contributed by atoms with E-state index in [1.54, 1.807) is 0 Å². The molecule has 2 nitrogen and oxygen atoms in total. The van der Waals surface area contributed by atoms with Gasteiger partial charge in [-0.3, -0.25) is 4.57 Å². The van der Waals surface area contributed by atoms with Crippen LogP contribution in [-0.4, -0.2) is 11.1 Å². The number of nitrogens with zero attached hydrogens (tertiary/aromatic N) is 1. The average molecular weight is 354 g/mol. The summed E-state index contributed by atoms with van der Waals surface area (Å²) >= 11 is 0. The summed E-state index contributed by atoms with van der Waals surface area (Å²) in [6, 6.07) is 14.4. The number of hydrogen-bond donors (Lipinski definition) is 1. The van der Waals surface area contributed by atoms with Gasteiger partial charge in [-0.15, -0.1) is 0 Å². The molecule has 0 radical (unpaired) electrons. The third-order valence-corrected chi connectivity index (χ3v) is 4.70. The van der Waals surface area contributed by atoms with Gasteiger partial charge in [-0.25, -0.2) is 0 Å². The minimum Gasteiger partial charge on any atom is -0.312 e. The SMILES string of the molecule is Cc1ccc2c(c1)c1c(n2C#Cc2ccc(C(F)(F)F)cc2)CCNC1. The van der Waals surface area contributed by atoms with Crippen molar-refractivity contribution in [2.75, 3.05) is 6.54 Å². The third kappa shape index (κ3) is 2.97. The van der Waals surface area contributed by atoms with Crippen LogP contribution in [0.5, 0.6) is 0 Å². The van der Waals surface area contributed by atoms with Crippen molar-refractivity contribution in [2.45, 2.75) is 26.1 Å². The molecule has 1 N–H and O–H groups in total. The van der Waals surface area contributed by atoms with Crippen LogP contribution in [0.2, 0.25) is 0 Å². The number of benzene rings is 2. The lowest BCUT2D eigenvalue weighted by molar-refractivity contribution is -0.137. The van der Waals surface area contributed by atoms with Crippen molar-refractivity contribution >= 4 is 10.9 Å². The Morgan fingerprint density at radius 1 is 1.08 bits per heavy atom. The van der Waals surface area contributed by atoms with E-state index in [9.17, 15) is 13.2 Å². The first-order valence-electron chi connectivity index (χ1n) is 8.46. The second kappa shape index (κ2) is 6.22. The van der Waals surface area contributed by atoms with Crippen LogP contribution < -0.4 is 5.32 Å². The van der Waals surface area contributed by atoms with E-state index in [-0.39, 0.29) is 0 Å². The maximum atomic E-state index is 12.7. The van der Waals surface area contributed by atoms with E-state index in [1.165, 1.54) is 34.3 Å². The molecular formula is C21H17F3N2. The van der Waals surface area contributed by atoms with Crippen molar-refractivity contribution < 1.29 is 13.2 Å². The summed E-state index contributed by atoms with van der Waals surface area (Å²) in [5.41, 5.74) is 4.59. The fraction of sp³-hybridized carbons (Fsp3) is 0.238. The highest BCUT2D eigenvalue weighted by Crippen LogP contribution is 2.30. The van der Waals surface area contributed by atoms with Crippen LogP contribution in [-0.2, 0) is 19.1 Å². The van der Waals surface area contributed by atoms with Crippen molar-refractivity contribution in [1.29, 1.82) is 0 Å². The maximum absolute atomic E-state index is 12.7. The van der Waals surface area contributed by atoms with Crippen molar-refractivity contribution in [3.8, 4) is 12.0 Å². The Bertz CT molecular complexity index is 1030. The number of hydrogen-bond acceptors (Lipinski definition) is 1. The summed E-state index contributed by atoms with van der Waals surface area (Å²) in [4.78, 5) is 0. The van der Waals surface area contributed by atoms with Crippen LogP contribution in [0.1, 0.15) is 27.9 Å². The Morgan fingerprint density at radius 3 is 2.58 bits per heavy atom. The fourth-order valence-electron chi connectivity index (χ4n) is 3.39. The molecule has 1 aromatic heterocycles. The molecule has 0 amide bonds. The fourth-order valence-corrected chi connectivity index (χ4v) is 3.39. The van der Waals surface area contributed by atoms with Gasteiger partial charge >= 0.3 is 6.18 Å². The quantitative estimate of drug-likeness (QED) is 0.590. The highest BCUT2D eigenvalue weighted by Gasteiger charge is 2.29. The van der Waals surface area contributed by atoms with Gasteiger partial charge in [0.05, 0.1) is 11.1 Å². The van der Waals surface area contributed by atoms with Gasteiger partial charge in [-0.05, 0) is 54.8 Å². The number of nitrogens with one attached hydrogen (secondary N) is 1. The van der Waals surface area contributed by atoms with Crippen molar-refractivity contribution in [2.24, 2.45) is 0 Å². The highest BCUT2D eigenvalue weighted by atomic mass is 19.4. The number of aryl methyl sites for hydroxylation is 1. The molecule has 132 valence electrons. The molecule has 5 heteroatoms. The molecule has 0 fully saturated rings. The average Bonchev–Trinajstić information content (AvgIpc) is 2.93. The summed E-state index contributed by atoms with van der Waals surface area (Å²) in [7, 11) is 0. The summed E-state index contributed by atoms with van der Waals surface area (Å²) in [6.45, 7) is 3.77. The smallest absolute Gasteiger partial charge is 0.312 e. The Hall–Kier alpha value is -2.71. The lowest BCUT2D eigenvalue weighted by atomic mass is 10.0. The number of rotatable bonds is 0. The van der Waals surface area contributed by atoms with E-state index in [4.69, 9.17) is 0 Å². The molecular weight excluding hydrogens is 337 g/mol. The number of aromatic nitrogens is 1. The summed E-state index contributed by atoms with van der Waals surface area (Å²) in [5.74, 6) is 3.01. The molecule has 1 aliphatic rings. The lowest BCUT2D eigenvalue weighted by Crippen LogP contribution is -2.24. The van der Waals surface area contributed by atoms with E-state index in [0.29, 0.717) is 5.56 Å². The van der Waals surface area contributed by atoms with E-state index < -0.39 is 11.7 Å². The minimum atomic E-state index is -4.33. The predicted octanol–water partition coefficient (Wildman–Crippen LogP) is 4.47. The minimum absolute atomic E-state index is 0.564. The van der Waals surface area contributed by atoms with Crippen molar-refractivity contribution in [3.63, 3.8) is 0 Å². The zero-order chi connectivity index (χ0) is 18.3. The molecule has 0 saturated carbocycles. The second-order valence-corrected chi connectivity index (χ2v) is 6.52. The summed E-state index contributed by atoms with van der Waals surface area (Å²) < 4.78 is 40.0. The van der Waals surface area contributed by atoms with Crippen LogP contribution in [0.15, 0.2) is 42.5 Å². The van der Waals surface area contributed by atoms with Gasteiger partial charge in [0.15, 0.2) is 0 Å². The zero-order valence-electron chi connectivity index (χ0n) is 14.2. The molecule has 26 heavy (non-hydrogen) atoms. The Balaban J connectivity index is 1.78. The van der Waals surface area contributed by atoms with Gasteiger partial charge in [0.2, 0.25) is 0 Å². The largest absolute Gasteiger partial charge is 0.416 e. The molecule has 0 bridgehead atoms. The Kier molecular flexibility index (Phi) is 4.01. The maximum Gasteiger partial charge on any atom is 0.416 e. The normalized spacial score (nSPS) is 14.0. The molecule has 2 aromatic carbocycles. The first-order valence-corrected chi connectivity index (χ1v) is 8.46. The van der Waals surface area contributed by atoms with Crippen LogP contribution in [0.3, 0.4) is 0 Å². The zero-order valence-corrected chi connectivity index (χ0v) is 14.2. The molecule has 4 rings (SSSR count). The van der Waals surface area contributed by atoms with Gasteiger partial charge in [0, 0.05) is 42.2 Å². The Labute approximate surface area is 149 Å². The standard InChI is InChI=1S/C21H17F3N2/c1-14-2-7-19-17(12-14)18-13-25-10-8-20(18)26(19)11-9-15-3-5-16(6-4-15)21(22,23)24/h2-7,12,25H,8,10,13H2,1H3. The molecule has 0 atom stereocenters. The van der Waals surface area contributed by atoms with Gasteiger partial charge in [0.1, 0.15) is 0 Å². The summed E-state index contributed by atoms with van der Waals surface area (Å²) in [6.07, 6.45) is -3.45. The molecule has 0 unspecified atom stereocenters. The third-order valence-electron chi connectivity index (χ3n) is 4.70. The van der Waals surface area contributed by atoms with E-state index in [0.717, 1.165) is 37.2 Å². The van der Waals surface area contributed by atoms with Crippen LogP contribution in [0.25, 0.3) is 10.9 Å². The Morgan fingerprint density at radius 2 is 1.85 bits per heavy atom. The van der Waals surface area contributed by atoms with Crippen LogP contribution in [0.4, 0.5) is 13.2 Å². The predicted molar refractivity (Wildman–Crippen MR) is 95.8 cm³/mol. The van der Waals surface area contributed by atoms with Gasteiger partial charge in [-0.2, -0.15) is 13.2 Å². The molecule has 0 aliphatic carbocycles. The van der Waals surface area contributed by atoms with Gasteiger partial charge in [0.25, 0.3) is 0 Å². The molecule has 2 heterocycles. The molecule has 0 saturated heterocycles. The van der Waals surface area contributed by atoms with Gasteiger partial charge < -0.3 is 5.32 Å². The van der Waals surface area contributed by atoms with E-state index in [1.807, 2.05) is 4.57 Å². The monoisotopic (exact) mass is 354 g/mol. The van der Waals surface area contributed by atoms with Crippen molar-refractivity contribution in [1.82, 2.24) is 9.88 Å². The number of halogens is 3. The molecule has 1 aliphatic heterocycles. The molecule has 3 aromatic rings. The first-order chi connectivity index (χ1) is 12.4. The van der Waals surface area contributed by atoms with Gasteiger partial charge in [-0.1, -0.05) is 11.6 Å². The highest BCUT2D eigenvalue weighted by molar-refractivity contribution is 5.87. The van der Waals surface area contributed by atoms with Crippen LogP contribution in [0, 0.1) is 18.9 Å². The van der Waals surface area contributed by atoms with Crippen LogP contribution >= 0.6 is 0 Å². The number of fused-ring (bicyclic) bond motifs is 3. The van der Waals surface area contributed by atoms with E-state index >= 15 is 0 Å². The first kappa shape index (κ1) is 16.7.